The first-order chi connectivity index (χ1) is 41.0. The van der Waals surface area contributed by atoms with Crippen molar-refractivity contribution >= 4 is 19.8 Å². The minimum atomic E-state index is -4.39. The van der Waals surface area contributed by atoms with E-state index < -0.39 is 26.5 Å². The summed E-state index contributed by atoms with van der Waals surface area (Å²) in [6.45, 7) is 4.38. The Balaban J connectivity index is 3.97. The van der Waals surface area contributed by atoms with Crippen LogP contribution in [0.5, 0.6) is 0 Å². The zero-order valence-electron chi connectivity index (χ0n) is 56.1. The number of ether oxygens (including phenoxy) is 2. The van der Waals surface area contributed by atoms with Gasteiger partial charge in [-0.2, -0.15) is 0 Å². The van der Waals surface area contributed by atoms with E-state index in [1.165, 1.54) is 257 Å². The first kappa shape index (κ1) is 81.7. The zero-order chi connectivity index (χ0) is 61.2. The molecule has 0 amide bonds. The molecule has 0 aromatic carbocycles. The Labute approximate surface area is 521 Å². The van der Waals surface area contributed by atoms with E-state index in [0.717, 1.165) is 57.8 Å². The molecule has 0 fully saturated rings. The molecule has 0 rings (SSSR count). The Morgan fingerprint density at radius 1 is 0.381 bits per heavy atom. The van der Waals surface area contributed by atoms with E-state index in [0.29, 0.717) is 23.9 Å². The molecular weight excluding hydrogens is 1060 g/mol. The van der Waals surface area contributed by atoms with E-state index in [1.54, 1.807) is 0 Å². The summed E-state index contributed by atoms with van der Waals surface area (Å²) in [5.74, 6) is -0.779. The lowest BCUT2D eigenvalue weighted by atomic mass is 10.0. The summed E-state index contributed by atoms with van der Waals surface area (Å²) < 4.78 is 34.8. The van der Waals surface area contributed by atoms with Crippen LogP contribution in [0.3, 0.4) is 0 Å². The topological polar surface area (TPSA) is 108 Å². The van der Waals surface area contributed by atoms with Gasteiger partial charge in [-0.1, -0.05) is 319 Å². The first-order valence-electron chi connectivity index (χ1n) is 36.0. The van der Waals surface area contributed by atoms with Crippen LogP contribution in [-0.2, 0) is 32.7 Å². The van der Waals surface area contributed by atoms with Gasteiger partial charge in [0.1, 0.15) is 19.8 Å². The van der Waals surface area contributed by atoms with Crippen LogP contribution in [0.15, 0.2) is 60.8 Å². The van der Waals surface area contributed by atoms with Crippen molar-refractivity contribution in [1.82, 2.24) is 0 Å². The number of likely N-dealkylation sites (N-methyl/N-ethyl adjacent to an activating group) is 1. The predicted octanol–water partition coefficient (Wildman–Crippen LogP) is 23.4. The minimum absolute atomic E-state index is 0.0334. The number of quaternary nitrogens is 1. The number of nitrogens with zero attached hydrogens (tertiary/aromatic N) is 1. The number of unbranched alkanes of at least 4 members (excludes halogenated alkanes) is 43. The molecule has 0 radical (unpaired) electrons. The molecule has 2 atom stereocenters. The second-order valence-corrected chi connectivity index (χ2v) is 27.0. The molecule has 0 saturated carbocycles. The lowest BCUT2D eigenvalue weighted by Crippen LogP contribution is -2.37. The molecule has 0 aromatic heterocycles. The summed E-state index contributed by atoms with van der Waals surface area (Å²) in [7, 11) is 1.49. The van der Waals surface area contributed by atoms with Crippen molar-refractivity contribution in [3.05, 3.63) is 60.8 Å². The molecule has 0 aliphatic heterocycles. The minimum Gasteiger partial charge on any atom is -0.462 e. The molecule has 1 N–H and O–H groups in total. The van der Waals surface area contributed by atoms with Crippen molar-refractivity contribution in [3.63, 3.8) is 0 Å². The standard InChI is InChI=1S/C74H138NO8P/c1-6-8-10-12-14-16-18-20-22-24-26-28-30-32-33-34-35-36-37-38-39-40-41-43-45-47-49-51-53-55-57-59-61-63-65-67-74(77)83-72(71-82-84(78,79)81-69-68-75(3,4)5)70-80-73(76)66-64-62-60-58-56-54-52-50-48-46-44-42-31-29-27-25-23-21-19-17-15-13-11-9-7-2/h8,10,14,16,20,22,25-28,72H,6-7,9,11-13,15,17-19,21,23-24,29-71H2,1-5H3/p+1/b10-8-,16-14-,22-20-,27-25-,28-26-. The van der Waals surface area contributed by atoms with Crippen molar-refractivity contribution in [3.8, 4) is 0 Å². The number of carbonyl (C=O) groups excluding carboxylic acids is 2. The van der Waals surface area contributed by atoms with Crippen molar-refractivity contribution < 1.29 is 42.1 Å². The maximum atomic E-state index is 12.9. The maximum absolute atomic E-state index is 12.9. The van der Waals surface area contributed by atoms with Gasteiger partial charge in [0.05, 0.1) is 27.7 Å². The maximum Gasteiger partial charge on any atom is 0.472 e. The van der Waals surface area contributed by atoms with Gasteiger partial charge in [-0.3, -0.25) is 18.6 Å². The molecule has 0 heterocycles. The number of esters is 2. The second kappa shape index (κ2) is 65.2. The molecule has 84 heavy (non-hydrogen) atoms. The normalized spacial score (nSPS) is 13.5. The highest BCUT2D eigenvalue weighted by Crippen LogP contribution is 2.43. The molecule has 10 heteroatoms. The summed E-state index contributed by atoms with van der Waals surface area (Å²) in [5.41, 5.74) is 0. The highest BCUT2D eigenvalue weighted by Gasteiger charge is 2.27. The second-order valence-electron chi connectivity index (χ2n) is 25.6. The summed E-state index contributed by atoms with van der Waals surface area (Å²) in [5, 5.41) is 0. The van der Waals surface area contributed by atoms with Crippen LogP contribution < -0.4 is 0 Å². The molecule has 0 aliphatic carbocycles. The number of phosphoric acid groups is 1. The molecule has 0 aliphatic rings. The van der Waals surface area contributed by atoms with Crippen molar-refractivity contribution in [2.24, 2.45) is 0 Å². The Kier molecular flexibility index (Phi) is 63.4. The van der Waals surface area contributed by atoms with Gasteiger partial charge >= 0.3 is 19.8 Å². The largest absolute Gasteiger partial charge is 0.472 e. The third kappa shape index (κ3) is 68.8. The van der Waals surface area contributed by atoms with Crippen LogP contribution in [0.2, 0.25) is 0 Å². The van der Waals surface area contributed by atoms with Crippen molar-refractivity contribution in [1.29, 1.82) is 0 Å². The summed E-state index contributed by atoms with van der Waals surface area (Å²) in [6.07, 6.45) is 86.2. The van der Waals surface area contributed by atoms with Gasteiger partial charge in [0.25, 0.3) is 0 Å². The first-order valence-corrected chi connectivity index (χ1v) is 37.5. The third-order valence-corrected chi connectivity index (χ3v) is 17.0. The Hall–Kier alpha value is -2.29. The number of hydrogen-bond acceptors (Lipinski definition) is 7. The molecule has 0 saturated heterocycles. The zero-order valence-corrected chi connectivity index (χ0v) is 57.0. The van der Waals surface area contributed by atoms with Crippen molar-refractivity contribution in [2.75, 3.05) is 47.5 Å². The highest BCUT2D eigenvalue weighted by atomic mass is 31.2. The average Bonchev–Trinajstić information content (AvgIpc) is 3.61. The van der Waals surface area contributed by atoms with Gasteiger partial charge in [-0.15, -0.1) is 0 Å². The van der Waals surface area contributed by atoms with Gasteiger partial charge in [0, 0.05) is 12.8 Å². The molecule has 9 nitrogen and oxygen atoms in total. The Morgan fingerprint density at radius 3 is 1.02 bits per heavy atom. The fourth-order valence-corrected chi connectivity index (χ4v) is 11.3. The number of rotatable bonds is 67. The van der Waals surface area contributed by atoms with Crippen LogP contribution in [0.4, 0.5) is 0 Å². The van der Waals surface area contributed by atoms with E-state index >= 15 is 0 Å². The van der Waals surface area contributed by atoms with E-state index in [1.807, 2.05) is 21.1 Å². The van der Waals surface area contributed by atoms with Gasteiger partial charge in [-0.25, -0.2) is 4.57 Å². The van der Waals surface area contributed by atoms with Crippen LogP contribution >= 0.6 is 7.82 Å². The lowest BCUT2D eigenvalue weighted by Gasteiger charge is -2.24. The molecule has 0 bridgehead atoms. The van der Waals surface area contributed by atoms with Crippen LogP contribution in [0.25, 0.3) is 0 Å². The SMILES string of the molecule is CC/C=C\C/C=C\C/C=C\C/C=C\CCCCCCCCCCCCCCCCCCCCCCCCC(=O)OC(COC(=O)CCCCCCCCCCCCCCC/C=C\CCCCCCCCCC)COP(=O)(O)OCC[N+](C)(C)C. The van der Waals surface area contributed by atoms with Gasteiger partial charge in [0.15, 0.2) is 6.10 Å². The third-order valence-electron chi connectivity index (χ3n) is 16.0. The van der Waals surface area contributed by atoms with E-state index in [-0.39, 0.29) is 25.6 Å². The van der Waals surface area contributed by atoms with E-state index in [9.17, 15) is 19.0 Å². The number of phosphoric ester groups is 1. The average molecular weight is 1200 g/mol. The smallest absolute Gasteiger partial charge is 0.462 e. The Morgan fingerprint density at radius 2 is 0.679 bits per heavy atom. The lowest BCUT2D eigenvalue weighted by molar-refractivity contribution is -0.870. The molecule has 2 unspecified atom stereocenters. The number of carbonyl (C=O) groups is 2. The summed E-state index contributed by atoms with van der Waals surface area (Å²) >= 11 is 0. The fraction of sp³-hybridized carbons (Fsp3) is 0.838. The van der Waals surface area contributed by atoms with Crippen LogP contribution in [0.1, 0.15) is 348 Å². The quantitative estimate of drug-likeness (QED) is 0.0211. The van der Waals surface area contributed by atoms with E-state index in [4.69, 9.17) is 18.5 Å². The molecular formula is C74H139NO8P+. The fourth-order valence-electron chi connectivity index (χ4n) is 10.5. The molecule has 492 valence electrons. The van der Waals surface area contributed by atoms with Gasteiger partial charge in [-0.05, 0) is 77.0 Å². The van der Waals surface area contributed by atoms with Gasteiger partial charge in [0.2, 0.25) is 0 Å². The number of allylic oxidation sites excluding steroid dienone is 10. The summed E-state index contributed by atoms with van der Waals surface area (Å²) in [4.78, 5) is 35.9. The van der Waals surface area contributed by atoms with Crippen molar-refractivity contribution in [2.45, 2.75) is 354 Å². The highest BCUT2D eigenvalue weighted by molar-refractivity contribution is 7.47. The molecule has 0 aromatic rings. The predicted molar refractivity (Wildman–Crippen MR) is 363 cm³/mol. The van der Waals surface area contributed by atoms with Gasteiger partial charge < -0.3 is 18.9 Å². The van der Waals surface area contributed by atoms with E-state index in [2.05, 4.69) is 74.6 Å². The summed E-state index contributed by atoms with van der Waals surface area (Å²) in [6, 6.07) is 0. The monoisotopic (exact) mass is 1200 g/mol. The Bertz CT molecular complexity index is 1600. The molecule has 0 spiro atoms. The van der Waals surface area contributed by atoms with Crippen LogP contribution in [-0.4, -0.2) is 74.9 Å². The number of hydrogen-bond donors (Lipinski definition) is 1. The van der Waals surface area contributed by atoms with Crippen LogP contribution in [0, 0.1) is 0 Å².